The molecule has 1 aromatic carbocycles. The fourth-order valence-electron chi connectivity index (χ4n) is 2.57. The second kappa shape index (κ2) is 11.5. The zero-order valence-corrected chi connectivity index (χ0v) is 16.8. The minimum atomic E-state index is -0.443. The van der Waals surface area contributed by atoms with Gasteiger partial charge in [-0.15, -0.1) is 0 Å². The van der Waals surface area contributed by atoms with Gasteiger partial charge in [-0.3, -0.25) is 4.79 Å². The third kappa shape index (κ3) is 8.09. The van der Waals surface area contributed by atoms with Crippen LogP contribution in [0.5, 0.6) is 5.75 Å². The van der Waals surface area contributed by atoms with Crippen molar-refractivity contribution in [2.24, 2.45) is 0 Å². The molecule has 0 spiro atoms. The average molecular weight is 398 g/mol. The molecule has 0 saturated carbocycles. The Morgan fingerprint density at radius 1 is 1.14 bits per heavy atom. The van der Waals surface area contributed by atoms with Crippen molar-refractivity contribution in [3.63, 3.8) is 0 Å². The normalized spacial score (nSPS) is 13.2. The summed E-state index contributed by atoms with van der Waals surface area (Å²) in [6.45, 7) is 5.99. The molecule has 6 nitrogen and oxygen atoms in total. The van der Waals surface area contributed by atoms with E-state index >= 15 is 0 Å². The zero-order valence-electron chi connectivity index (χ0n) is 16.8. The van der Waals surface area contributed by atoms with Crippen molar-refractivity contribution in [3.8, 4) is 5.75 Å². The number of hydrogen-bond donors (Lipinski definition) is 0. The lowest BCUT2D eigenvalue weighted by Gasteiger charge is -2.08. The Labute approximate surface area is 171 Å². The van der Waals surface area contributed by atoms with Crippen molar-refractivity contribution in [1.29, 1.82) is 0 Å². The Balaban J connectivity index is 1.79. The van der Waals surface area contributed by atoms with E-state index in [-0.39, 0.29) is 19.0 Å². The topological polar surface area (TPSA) is 71.1 Å². The molecule has 0 fully saturated rings. The van der Waals surface area contributed by atoms with Gasteiger partial charge in [0, 0.05) is 18.9 Å². The van der Waals surface area contributed by atoms with Crippen LogP contribution in [-0.4, -0.2) is 32.3 Å². The van der Waals surface area contributed by atoms with E-state index in [1.807, 2.05) is 25.1 Å². The van der Waals surface area contributed by atoms with Crippen molar-refractivity contribution >= 4 is 11.9 Å². The molecule has 0 N–H and O–H groups in total. The first-order valence-corrected chi connectivity index (χ1v) is 9.34. The van der Waals surface area contributed by atoms with E-state index in [2.05, 4.69) is 6.58 Å². The summed E-state index contributed by atoms with van der Waals surface area (Å²) in [6, 6.07) is 7.22. The molecule has 0 aliphatic heterocycles. The number of rotatable bonds is 10. The molecule has 0 heterocycles. The molecule has 2 rings (SSSR count). The standard InChI is InChI=1S/C23H26O6/c1-4-22(24)28-13-5-12-27-19-8-6-18(7-9-19)16-23(25)29-21-11-10-20(26-3)14-17(2)15-21/h4,6-11,15H,1,5,12-14,16H2,2-3H3. The van der Waals surface area contributed by atoms with Crippen molar-refractivity contribution in [2.75, 3.05) is 20.3 Å². The molecule has 0 saturated heterocycles. The summed E-state index contributed by atoms with van der Waals surface area (Å²) >= 11 is 0. The van der Waals surface area contributed by atoms with Crippen LogP contribution in [0.1, 0.15) is 25.3 Å². The third-order valence-electron chi connectivity index (χ3n) is 4.01. The third-order valence-corrected chi connectivity index (χ3v) is 4.01. The minimum absolute atomic E-state index is 0.156. The number of benzene rings is 1. The van der Waals surface area contributed by atoms with Crippen LogP contribution in [0, 0.1) is 0 Å². The Morgan fingerprint density at radius 2 is 1.90 bits per heavy atom. The van der Waals surface area contributed by atoms with Gasteiger partial charge in [-0.05, 0) is 42.8 Å². The van der Waals surface area contributed by atoms with Gasteiger partial charge in [0.25, 0.3) is 0 Å². The van der Waals surface area contributed by atoms with Crippen molar-refractivity contribution in [1.82, 2.24) is 0 Å². The van der Waals surface area contributed by atoms with Gasteiger partial charge in [-0.25, -0.2) is 4.79 Å². The number of carbonyl (C=O) groups excluding carboxylic acids is 2. The molecule has 29 heavy (non-hydrogen) atoms. The summed E-state index contributed by atoms with van der Waals surface area (Å²) < 4.78 is 21.2. The van der Waals surface area contributed by atoms with E-state index in [0.29, 0.717) is 31.0 Å². The van der Waals surface area contributed by atoms with Gasteiger partial charge in [0.15, 0.2) is 0 Å². The molecule has 0 unspecified atom stereocenters. The van der Waals surface area contributed by atoms with Crippen LogP contribution in [0.3, 0.4) is 0 Å². The maximum atomic E-state index is 12.2. The number of methoxy groups -OCH3 is 1. The molecular weight excluding hydrogens is 372 g/mol. The van der Waals surface area contributed by atoms with Crippen molar-refractivity contribution < 1.29 is 28.5 Å². The number of esters is 2. The summed E-state index contributed by atoms with van der Waals surface area (Å²) in [5.41, 5.74) is 1.88. The quantitative estimate of drug-likeness (QED) is 0.337. The van der Waals surface area contributed by atoms with E-state index in [0.717, 1.165) is 23.0 Å². The molecule has 0 radical (unpaired) electrons. The van der Waals surface area contributed by atoms with E-state index in [1.54, 1.807) is 31.4 Å². The minimum Gasteiger partial charge on any atom is -0.501 e. The molecule has 0 aromatic heterocycles. The van der Waals surface area contributed by atoms with Crippen LogP contribution >= 0.6 is 0 Å². The van der Waals surface area contributed by atoms with Gasteiger partial charge in [-0.2, -0.15) is 0 Å². The molecule has 154 valence electrons. The Kier molecular flexibility index (Phi) is 8.76. The van der Waals surface area contributed by atoms with Crippen LogP contribution in [-0.2, 0) is 30.2 Å². The Morgan fingerprint density at radius 3 is 2.59 bits per heavy atom. The SMILES string of the molecule is C=CC(=O)OCCCOc1ccc(CC(=O)OC2=CC=C(OC)CC(C)=C2)cc1. The zero-order chi connectivity index (χ0) is 21.1. The van der Waals surface area contributed by atoms with Gasteiger partial charge in [0.1, 0.15) is 11.5 Å². The second-order valence-corrected chi connectivity index (χ2v) is 6.44. The summed E-state index contributed by atoms with van der Waals surface area (Å²) in [7, 11) is 1.62. The number of ether oxygens (including phenoxy) is 4. The maximum absolute atomic E-state index is 12.2. The van der Waals surface area contributed by atoms with Crippen LogP contribution < -0.4 is 4.74 Å². The predicted octanol–water partition coefficient (Wildman–Crippen LogP) is 4.03. The average Bonchev–Trinajstić information content (AvgIpc) is 2.89. The monoisotopic (exact) mass is 398 g/mol. The van der Waals surface area contributed by atoms with Gasteiger partial charge in [0.2, 0.25) is 0 Å². The Bertz CT molecular complexity index is 814. The first-order valence-electron chi connectivity index (χ1n) is 9.34. The van der Waals surface area contributed by atoms with Gasteiger partial charge >= 0.3 is 11.9 Å². The van der Waals surface area contributed by atoms with Gasteiger partial charge in [0.05, 0.1) is 32.5 Å². The molecule has 1 aliphatic carbocycles. The van der Waals surface area contributed by atoms with E-state index in [4.69, 9.17) is 18.9 Å². The fraction of sp³-hybridized carbons (Fsp3) is 0.304. The van der Waals surface area contributed by atoms with E-state index in [9.17, 15) is 9.59 Å². The maximum Gasteiger partial charge on any atom is 0.330 e. The molecule has 1 aromatic rings. The lowest BCUT2D eigenvalue weighted by atomic mass is 10.1. The second-order valence-electron chi connectivity index (χ2n) is 6.44. The molecule has 1 aliphatic rings. The summed E-state index contributed by atoms with van der Waals surface area (Å²) in [5.74, 6) is 1.21. The van der Waals surface area contributed by atoms with Crippen LogP contribution in [0.2, 0.25) is 0 Å². The summed E-state index contributed by atoms with van der Waals surface area (Å²) in [5, 5.41) is 0. The summed E-state index contributed by atoms with van der Waals surface area (Å²) in [6.07, 6.45) is 7.92. The Hall–Kier alpha value is -3.28. The lowest BCUT2D eigenvalue weighted by Crippen LogP contribution is -2.08. The highest BCUT2D eigenvalue weighted by Crippen LogP contribution is 2.19. The number of hydrogen-bond acceptors (Lipinski definition) is 6. The molecule has 0 atom stereocenters. The molecular formula is C23H26O6. The van der Waals surface area contributed by atoms with Crippen molar-refractivity contribution in [3.05, 3.63) is 77.8 Å². The first-order chi connectivity index (χ1) is 14.0. The predicted molar refractivity (Wildman–Crippen MR) is 109 cm³/mol. The number of carbonyl (C=O) groups is 2. The van der Waals surface area contributed by atoms with E-state index < -0.39 is 5.97 Å². The summed E-state index contributed by atoms with van der Waals surface area (Å²) in [4.78, 5) is 23.2. The smallest absolute Gasteiger partial charge is 0.330 e. The molecule has 6 heteroatoms. The highest BCUT2D eigenvalue weighted by atomic mass is 16.5. The van der Waals surface area contributed by atoms with Crippen LogP contribution in [0.15, 0.2) is 72.2 Å². The molecule has 0 bridgehead atoms. The highest BCUT2D eigenvalue weighted by Gasteiger charge is 2.10. The lowest BCUT2D eigenvalue weighted by molar-refractivity contribution is -0.139. The van der Waals surface area contributed by atoms with Crippen LogP contribution in [0.4, 0.5) is 0 Å². The largest absolute Gasteiger partial charge is 0.501 e. The van der Waals surface area contributed by atoms with Gasteiger partial charge in [-0.1, -0.05) is 24.3 Å². The van der Waals surface area contributed by atoms with Gasteiger partial charge < -0.3 is 18.9 Å². The van der Waals surface area contributed by atoms with E-state index in [1.165, 1.54) is 0 Å². The molecule has 0 amide bonds. The number of allylic oxidation sites excluding steroid dienone is 4. The highest BCUT2D eigenvalue weighted by molar-refractivity contribution is 5.81. The first kappa shape index (κ1) is 22.0. The van der Waals surface area contributed by atoms with Crippen LogP contribution in [0.25, 0.3) is 0 Å². The van der Waals surface area contributed by atoms with Crippen molar-refractivity contribution in [2.45, 2.75) is 26.2 Å². The fourth-order valence-corrected chi connectivity index (χ4v) is 2.57.